The fourth-order valence-electron chi connectivity index (χ4n) is 3.73. The third-order valence-electron chi connectivity index (χ3n) is 5.01. The monoisotopic (exact) mass is 515 g/mol. The number of nitrogens with zero attached hydrogens (tertiary/aromatic N) is 3. The number of aryl methyl sites for hydroxylation is 6. The standard InChI is InChI=1S/C15H21BN6.C5H5.2CH4O.Zr/c1-7-13(8(2)18-17-7)16(14-9(3)19-20-10(14)4)15-11(5)21-22-12(15)6;1-2-4-5-3-1;2*1-2;/h1-6H3,(H,17,18)(H,19,20)(H,21,22);1-3H,4H2;2*2H,1H3;/q;-1;;;. The summed E-state index contributed by atoms with van der Waals surface area (Å²) in [5.41, 5.74) is 9.93. The van der Waals surface area contributed by atoms with Crippen LogP contribution in [-0.4, -0.2) is 61.7 Å². The Morgan fingerprint density at radius 2 is 1.06 bits per heavy atom. The molecule has 1 aliphatic carbocycles. The molecule has 3 heterocycles. The maximum Gasteiger partial charge on any atom is 0.255 e. The minimum absolute atomic E-state index is 0. The second-order valence-electron chi connectivity index (χ2n) is 6.98. The van der Waals surface area contributed by atoms with Crippen molar-refractivity contribution in [1.29, 1.82) is 0 Å². The van der Waals surface area contributed by atoms with E-state index in [9.17, 15) is 0 Å². The summed E-state index contributed by atoms with van der Waals surface area (Å²) >= 11 is 0. The Hall–Kier alpha value is -2.02. The zero-order valence-electron chi connectivity index (χ0n) is 20.3. The Morgan fingerprint density at radius 1 is 0.719 bits per heavy atom. The quantitative estimate of drug-likeness (QED) is 0.259. The van der Waals surface area contributed by atoms with Crippen molar-refractivity contribution >= 4 is 23.1 Å². The number of allylic oxidation sites excluding steroid dienone is 4. The van der Waals surface area contributed by atoms with Crippen LogP contribution in [0, 0.1) is 47.6 Å². The molecule has 0 saturated carbocycles. The topological polar surface area (TPSA) is 126 Å². The van der Waals surface area contributed by atoms with Gasteiger partial charge in [0.05, 0.1) is 17.1 Å². The van der Waals surface area contributed by atoms with Gasteiger partial charge in [-0.05, 0) is 57.9 Å². The number of H-pyrrole nitrogens is 3. The molecule has 8 nitrogen and oxygen atoms in total. The number of aromatic amines is 3. The minimum Gasteiger partial charge on any atom is -0.400 e. The molecule has 172 valence electrons. The molecule has 0 aromatic carbocycles. The van der Waals surface area contributed by atoms with Crippen LogP contribution in [0.2, 0.25) is 0 Å². The molecular weight excluding hydrogens is 482 g/mol. The molecule has 0 fully saturated rings. The Bertz CT molecular complexity index is 828. The summed E-state index contributed by atoms with van der Waals surface area (Å²) in [6.07, 6.45) is 10.0. The van der Waals surface area contributed by atoms with Gasteiger partial charge in [0.1, 0.15) is 0 Å². The molecule has 3 aromatic heterocycles. The van der Waals surface area contributed by atoms with Crippen molar-refractivity contribution in [2.75, 3.05) is 14.2 Å². The van der Waals surface area contributed by atoms with Crippen LogP contribution < -0.4 is 16.4 Å². The SMILES string of the molecule is CO.CO.Cc1n[nH]c(C)c1B(c1c(C)n[nH]c1C)c1c(C)n[nH]c1C.[C-]1=CC=CC1.[Zr]. The van der Waals surface area contributed by atoms with Crippen molar-refractivity contribution in [3.05, 3.63) is 58.5 Å². The van der Waals surface area contributed by atoms with Crippen LogP contribution in [0.3, 0.4) is 0 Å². The second-order valence-corrected chi connectivity index (χ2v) is 6.98. The van der Waals surface area contributed by atoms with Gasteiger partial charge in [-0.15, -0.1) is 6.42 Å². The smallest absolute Gasteiger partial charge is 0.255 e. The molecule has 0 radical (unpaired) electrons. The summed E-state index contributed by atoms with van der Waals surface area (Å²) in [4.78, 5) is 0. The summed E-state index contributed by atoms with van der Waals surface area (Å²) in [6, 6.07) is 0. The van der Waals surface area contributed by atoms with Gasteiger partial charge in [0.15, 0.2) is 0 Å². The summed E-state index contributed by atoms with van der Waals surface area (Å²) < 4.78 is 0. The number of nitrogens with one attached hydrogen (secondary N) is 3. The molecule has 10 heteroatoms. The van der Waals surface area contributed by atoms with E-state index in [1.165, 1.54) is 16.4 Å². The van der Waals surface area contributed by atoms with Crippen molar-refractivity contribution in [3.63, 3.8) is 0 Å². The van der Waals surface area contributed by atoms with E-state index in [0.717, 1.165) is 54.8 Å². The van der Waals surface area contributed by atoms with Gasteiger partial charge in [-0.1, -0.05) is 0 Å². The fourth-order valence-corrected chi connectivity index (χ4v) is 3.73. The molecular formula is C22H34BN6O2Zr-. The predicted molar refractivity (Wildman–Crippen MR) is 127 cm³/mol. The van der Waals surface area contributed by atoms with Crippen LogP contribution in [0.4, 0.5) is 0 Å². The van der Waals surface area contributed by atoms with E-state index in [2.05, 4.69) is 63.5 Å². The van der Waals surface area contributed by atoms with Gasteiger partial charge < -0.3 is 10.2 Å². The van der Waals surface area contributed by atoms with Gasteiger partial charge in [0, 0.05) is 57.5 Å². The second kappa shape index (κ2) is 14.9. The Morgan fingerprint density at radius 3 is 1.22 bits per heavy atom. The molecule has 0 unspecified atom stereocenters. The third-order valence-corrected chi connectivity index (χ3v) is 5.01. The first kappa shape index (κ1) is 30.0. The molecule has 0 aliphatic heterocycles. The molecule has 0 atom stereocenters. The van der Waals surface area contributed by atoms with Crippen LogP contribution >= 0.6 is 0 Å². The van der Waals surface area contributed by atoms with Gasteiger partial charge in [-0.2, -0.15) is 21.4 Å². The first-order chi connectivity index (χ1) is 14.9. The average molecular weight is 517 g/mol. The first-order valence-electron chi connectivity index (χ1n) is 10.1. The number of aromatic nitrogens is 6. The summed E-state index contributed by atoms with van der Waals surface area (Å²) in [5, 5.41) is 36.5. The van der Waals surface area contributed by atoms with E-state index in [0.29, 0.717) is 0 Å². The van der Waals surface area contributed by atoms with Gasteiger partial charge >= 0.3 is 0 Å². The van der Waals surface area contributed by atoms with Crippen molar-refractivity contribution in [3.8, 4) is 0 Å². The maximum absolute atomic E-state index is 7.00. The van der Waals surface area contributed by atoms with Crippen LogP contribution in [0.5, 0.6) is 0 Å². The normalized spacial score (nSPS) is 10.8. The Balaban J connectivity index is 0.000000822. The fraction of sp³-hybridized carbons (Fsp3) is 0.409. The summed E-state index contributed by atoms with van der Waals surface area (Å²) in [5.74, 6) is 0. The zero-order valence-corrected chi connectivity index (χ0v) is 22.7. The van der Waals surface area contributed by atoms with Gasteiger partial charge in [-0.25, -0.2) is 12.2 Å². The van der Waals surface area contributed by atoms with E-state index in [1.54, 1.807) is 0 Å². The van der Waals surface area contributed by atoms with E-state index >= 15 is 0 Å². The van der Waals surface area contributed by atoms with Crippen LogP contribution in [-0.2, 0) is 26.2 Å². The van der Waals surface area contributed by atoms with Crippen LogP contribution in [0.1, 0.15) is 40.6 Å². The molecule has 0 bridgehead atoms. The van der Waals surface area contributed by atoms with Crippen LogP contribution in [0.15, 0.2) is 18.2 Å². The molecule has 32 heavy (non-hydrogen) atoms. The molecule has 5 N–H and O–H groups in total. The number of aliphatic hydroxyl groups is 2. The van der Waals surface area contributed by atoms with Crippen molar-refractivity contribution < 1.29 is 36.4 Å². The van der Waals surface area contributed by atoms with E-state index in [-0.39, 0.29) is 32.9 Å². The predicted octanol–water partition coefficient (Wildman–Crippen LogP) is 0.743. The number of hydrogen-bond acceptors (Lipinski definition) is 5. The Labute approximate surface area is 210 Å². The van der Waals surface area contributed by atoms with Gasteiger partial charge in [-0.3, -0.25) is 21.4 Å². The first-order valence-corrected chi connectivity index (χ1v) is 10.1. The van der Waals surface area contributed by atoms with Gasteiger partial charge in [0.25, 0.3) is 6.71 Å². The molecule has 0 amide bonds. The summed E-state index contributed by atoms with van der Waals surface area (Å²) in [7, 11) is 2.00. The minimum atomic E-state index is 0. The largest absolute Gasteiger partial charge is 0.400 e. The zero-order chi connectivity index (χ0) is 23.6. The van der Waals surface area contributed by atoms with E-state index in [1.807, 2.05) is 32.9 Å². The van der Waals surface area contributed by atoms with E-state index in [4.69, 9.17) is 10.2 Å². The number of rotatable bonds is 3. The molecule has 0 saturated heterocycles. The van der Waals surface area contributed by atoms with Crippen molar-refractivity contribution in [2.24, 2.45) is 0 Å². The van der Waals surface area contributed by atoms with Gasteiger partial charge in [0.2, 0.25) is 0 Å². The molecule has 1 aliphatic rings. The molecule has 0 spiro atoms. The third kappa shape index (κ3) is 6.99. The molecule has 3 aromatic rings. The van der Waals surface area contributed by atoms with Crippen molar-refractivity contribution in [2.45, 2.75) is 48.0 Å². The number of aliphatic hydroxyl groups excluding tert-OH is 2. The summed E-state index contributed by atoms with van der Waals surface area (Å²) in [6.45, 7) is 12.4. The van der Waals surface area contributed by atoms with Crippen molar-refractivity contribution in [1.82, 2.24) is 30.6 Å². The van der Waals surface area contributed by atoms with E-state index < -0.39 is 0 Å². The van der Waals surface area contributed by atoms with Crippen LogP contribution in [0.25, 0.3) is 0 Å². The maximum atomic E-state index is 7.00. The average Bonchev–Trinajstić information content (AvgIpc) is 3.57. The number of hydrogen-bond donors (Lipinski definition) is 5. The Kier molecular flexibility index (Phi) is 14.0. The molecule has 4 rings (SSSR count).